The molecule has 0 saturated heterocycles. The molecule has 0 aliphatic carbocycles. The molecule has 64 valence electrons. The highest BCUT2D eigenvalue weighted by atomic mass is 16.6. The Morgan fingerprint density at radius 2 is 2.00 bits per heavy atom. The van der Waals surface area contributed by atoms with E-state index in [1.807, 2.05) is 0 Å². The molecule has 0 aromatic rings. The van der Waals surface area contributed by atoms with Gasteiger partial charge in [-0.3, -0.25) is 4.79 Å². The number of oxime groups is 1. The smallest absolute Gasteiger partial charge is 0.155 e. The van der Waals surface area contributed by atoms with Crippen LogP contribution in [0.4, 0.5) is 0 Å². The standard InChI is InChI=1S/C7H13NO3/c1-6(8-10-3)4-11-5-7(2)9/h4-5H2,1-3H3. The minimum Gasteiger partial charge on any atom is -0.399 e. The van der Waals surface area contributed by atoms with Crippen molar-refractivity contribution in [2.24, 2.45) is 5.16 Å². The molecule has 0 rings (SSSR count). The summed E-state index contributed by atoms with van der Waals surface area (Å²) < 4.78 is 4.95. The number of rotatable bonds is 5. The molecular formula is C7H13NO3. The molecule has 0 bridgehead atoms. The molecule has 0 fully saturated rings. The molecule has 4 heteroatoms. The van der Waals surface area contributed by atoms with Crippen molar-refractivity contribution in [1.82, 2.24) is 0 Å². The Bertz CT molecular complexity index is 154. The van der Waals surface area contributed by atoms with Gasteiger partial charge in [-0.2, -0.15) is 0 Å². The van der Waals surface area contributed by atoms with Crippen LogP contribution in [-0.2, 0) is 14.4 Å². The van der Waals surface area contributed by atoms with Crippen molar-refractivity contribution >= 4 is 11.5 Å². The van der Waals surface area contributed by atoms with Crippen LogP contribution < -0.4 is 0 Å². The highest BCUT2D eigenvalue weighted by molar-refractivity contribution is 5.83. The highest BCUT2D eigenvalue weighted by Gasteiger charge is 1.94. The topological polar surface area (TPSA) is 47.9 Å². The van der Waals surface area contributed by atoms with Crippen LogP contribution in [0, 0.1) is 0 Å². The lowest BCUT2D eigenvalue weighted by molar-refractivity contribution is -0.120. The summed E-state index contributed by atoms with van der Waals surface area (Å²) in [5.41, 5.74) is 0.716. The third kappa shape index (κ3) is 6.99. The maximum Gasteiger partial charge on any atom is 0.155 e. The third-order valence-electron chi connectivity index (χ3n) is 0.863. The van der Waals surface area contributed by atoms with Gasteiger partial charge in [0.25, 0.3) is 0 Å². The zero-order valence-corrected chi connectivity index (χ0v) is 7.09. The van der Waals surface area contributed by atoms with Gasteiger partial charge < -0.3 is 9.57 Å². The lowest BCUT2D eigenvalue weighted by Gasteiger charge is -1.99. The SMILES string of the molecule is CON=C(C)COCC(C)=O. The van der Waals surface area contributed by atoms with Gasteiger partial charge in [0.05, 0.1) is 12.3 Å². The zero-order valence-electron chi connectivity index (χ0n) is 7.09. The predicted molar refractivity (Wildman–Crippen MR) is 41.6 cm³/mol. The molecule has 0 aromatic heterocycles. The van der Waals surface area contributed by atoms with Gasteiger partial charge in [-0.25, -0.2) is 0 Å². The van der Waals surface area contributed by atoms with E-state index in [1.54, 1.807) is 6.92 Å². The summed E-state index contributed by atoms with van der Waals surface area (Å²) in [5.74, 6) is 0.00946. The van der Waals surface area contributed by atoms with Crippen LogP contribution in [0.3, 0.4) is 0 Å². The van der Waals surface area contributed by atoms with Crippen LogP contribution in [0.5, 0.6) is 0 Å². The average molecular weight is 159 g/mol. The second-order valence-electron chi connectivity index (χ2n) is 2.20. The van der Waals surface area contributed by atoms with E-state index in [2.05, 4.69) is 9.99 Å². The van der Waals surface area contributed by atoms with Crippen LogP contribution in [0.1, 0.15) is 13.8 Å². The Hall–Kier alpha value is -0.900. The quantitative estimate of drug-likeness (QED) is 0.436. The molecule has 0 aliphatic rings. The van der Waals surface area contributed by atoms with Crippen molar-refractivity contribution in [3.8, 4) is 0 Å². The number of carbonyl (C=O) groups is 1. The summed E-state index contributed by atoms with van der Waals surface area (Å²) >= 11 is 0. The lowest BCUT2D eigenvalue weighted by Crippen LogP contribution is -2.10. The third-order valence-corrected chi connectivity index (χ3v) is 0.863. The molecular weight excluding hydrogens is 146 g/mol. The van der Waals surface area contributed by atoms with E-state index in [0.29, 0.717) is 12.3 Å². The largest absolute Gasteiger partial charge is 0.399 e. The van der Waals surface area contributed by atoms with E-state index in [9.17, 15) is 4.79 Å². The van der Waals surface area contributed by atoms with E-state index in [-0.39, 0.29) is 12.4 Å². The van der Waals surface area contributed by atoms with Gasteiger partial charge in [0.2, 0.25) is 0 Å². The minimum absolute atomic E-state index is 0.00946. The van der Waals surface area contributed by atoms with E-state index < -0.39 is 0 Å². The Labute approximate surface area is 66.2 Å². The van der Waals surface area contributed by atoms with Gasteiger partial charge in [0.15, 0.2) is 5.78 Å². The summed E-state index contributed by atoms with van der Waals surface area (Å²) in [4.78, 5) is 14.9. The van der Waals surface area contributed by atoms with Crippen LogP contribution in [-0.4, -0.2) is 31.8 Å². The monoisotopic (exact) mass is 159 g/mol. The van der Waals surface area contributed by atoms with Gasteiger partial charge in [-0.15, -0.1) is 0 Å². The van der Waals surface area contributed by atoms with Crippen molar-refractivity contribution in [2.45, 2.75) is 13.8 Å². The molecule has 0 N–H and O–H groups in total. The number of nitrogens with zero attached hydrogens (tertiary/aromatic N) is 1. The first-order valence-corrected chi connectivity index (χ1v) is 3.30. The van der Waals surface area contributed by atoms with Crippen LogP contribution in [0.2, 0.25) is 0 Å². The fraction of sp³-hybridized carbons (Fsp3) is 0.714. The van der Waals surface area contributed by atoms with E-state index in [4.69, 9.17) is 4.74 Å². The molecule has 0 saturated carbocycles. The maximum atomic E-state index is 10.4. The van der Waals surface area contributed by atoms with E-state index >= 15 is 0 Å². The summed E-state index contributed by atoms with van der Waals surface area (Å²) in [5, 5.41) is 3.60. The molecule has 0 heterocycles. The molecule has 0 aliphatic heterocycles. The van der Waals surface area contributed by atoms with Gasteiger partial charge in [0.1, 0.15) is 13.7 Å². The second-order valence-corrected chi connectivity index (χ2v) is 2.20. The summed E-state index contributed by atoms with van der Waals surface area (Å²) in [7, 11) is 1.47. The number of carbonyl (C=O) groups excluding carboxylic acids is 1. The number of ketones is 1. The lowest BCUT2D eigenvalue weighted by atomic mass is 10.4. The van der Waals surface area contributed by atoms with Gasteiger partial charge in [0, 0.05) is 0 Å². The Morgan fingerprint density at radius 1 is 1.36 bits per heavy atom. The number of Topliss-reactive ketones (excluding diaryl/α,β-unsaturated/α-hetero) is 1. The molecule has 0 radical (unpaired) electrons. The first kappa shape index (κ1) is 10.1. The molecule has 0 spiro atoms. The van der Waals surface area contributed by atoms with Crippen molar-refractivity contribution in [3.05, 3.63) is 0 Å². The summed E-state index contributed by atoms with van der Waals surface area (Å²) in [6.07, 6.45) is 0. The van der Waals surface area contributed by atoms with Gasteiger partial charge >= 0.3 is 0 Å². The first-order valence-electron chi connectivity index (χ1n) is 3.30. The molecule has 4 nitrogen and oxygen atoms in total. The summed E-state index contributed by atoms with van der Waals surface area (Å²) in [6, 6.07) is 0. The Kier molecular flexibility index (Phi) is 5.37. The summed E-state index contributed by atoms with van der Waals surface area (Å²) in [6.45, 7) is 3.72. The number of hydrogen-bond acceptors (Lipinski definition) is 4. The van der Waals surface area contributed by atoms with Crippen LogP contribution >= 0.6 is 0 Å². The van der Waals surface area contributed by atoms with Crippen molar-refractivity contribution in [3.63, 3.8) is 0 Å². The Morgan fingerprint density at radius 3 is 2.45 bits per heavy atom. The maximum absolute atomic E-state index is 10.4. The fourth-order valence-electron chi connectivity index (χ4n) is 0.525. The van der Waals surface area contributed by atoms with Crippen LogP contribution in [0.25, 0.3) is 0 Å². The van der Waals surface area contributed by atoms with Crippen molar-refractivity contribution in [1.29, 1.82) is 0 Å². The zero-order chi connectivity index (χ0) is 8.69. The minimum atomic E-state index is 0.00946. The average Bonchev–Trinajstić information content (AvgIpc) is 1.87. The van der Waals surface area contributed by atoms with Crippen molar-refractivity contribution in [2.75, 3.05) is 20.3 Å². The Balaban J connectivity index is 3.38. The molecule has 0 unspecified atom stereocenters. The molecule has 0 amide bonds. The number of ether oxygens (including phenoxy) is 1. The second kappa shape index (κ2) is 5.85. The normalized spacial score (nSPS) is 11.4. The molecule has 0 atom stereocenters. The van der Waals surface area contributed by atoms with Crippen LogP contribution in [0.15, 0.2) is 5.16 Å². The van der Waals surface area contributed by atoms with E-state index in [0.717, 1.165) is 0 Å². The van der Waals surface area contributed by atoms with Gasteiger partial charge in [-0.1, -0.05) is 5.16 Å². The highest BCUT2D eigenvalue weighted by Crippen LogP contribution is 1.82. The van der Waals surface area contributed by atoms with E-state index in [1.165, 1.54) is 14.0 Å². The molecule has 11 heavy (non-hydrogen) atoms. The first-order chi connectivity index (χ1) is 5.16. The molecule has 0 aromatic carbocycles. The van der Waals surface area contributed by atoms with Gasteiger partial charge in [-0.05, 0) is 13.8 Å². The van der Waals surface area contributed by atoms with Crippen molar-refractivity contribution < 1.29 is 14.4 Å². The fourth-order valence-corrected chi connectivity index (χ4v) is 0.525. The number of hydrogen-bond donors (Lipinski definition) is 0. The predicted octanol–water partition coefficient (Wildman–Crippen LogP) is 0.614.